The standard InChI is InChI=1S/C38H72N4O4/c1-3-5-7-9-11-13-15-17-19-21-23-25-27-29-36(43)40-32-38(42(45)46)31-39(34-40)35-41(33-38)37(44)30-28-26-24-22-20-18-16-14-12-10-8-6-4-2/h3-35H2,1-2H3. The zero-order valence-electron chi connectivity index (χ0n) is 30.3. The molecule has 8 heteroatoms. The van der Waals surface area contributed by atoms with Gasteiger partial charge in [0, 0.05) is 17.8 Å². The molecule has 0 aromatic carbocycles. The van der Waals surface area contributed by atoms with Crippen LogP contribution in [0.2, 0.25) is 0 Å². The van der Waals surface area contributed by atoms with Crippen LogP contribution in [0.5, 0.6) is 0 Å². The number of hydrogen-bond acceptors (Lipinski definition) is 5. The third-order valence-electron chi connectivity index (χ3n) is 10.3. The molecule has 2 fully saturated rings. The number of unbranched alkanes of at least 4 members (excludes halogenated alkanes) is 24. The van der Waals surface area contributed by atoms with Crippen LogP contribution in [0.1, 0.15) is 194 Å². The number of carbonyl (C=O) groups is 2. The van der Waals surface area contributed by atoms with Crippen LogP contribution >= 0.6 is 0 Å². The van der Waals surface area contributed by atoms with Gasteiger partial charge in [-0.1, -0.05) is 168 Å². The smallest absolute Gasteiger partial charge is 0.269 e. The maximum atomic E-state index is 13.1. The van der Waals surface area contributed by atoms with E-state index in [1.807, 2.05) is 4.90 Å². The Morgan fingerprint density at radius 2 is 0.783 bits per heavy atom. The number of fused-ring (bicyclic) bond motifs is 2. The van der Waals surface area contributed by atoms with Crippen molar-refractivity contribution in [3.63, 3.8) is 0 Å². The molecule has 0 aromatic heterocycles. The number of amides is 2. The normalized spacial score (nSPS) is 19.5. The molecular formula is C38H72N4O4. The van der Waals surface area contributed by atoms with Gasteiger partial charge >= 0.3 is 0 Å². The zero-order valence-corrected chi connectivity index (χ0v) is 30.3. The summed E-state index contributed by atoms with van der Waals surface area (Å²) in [5.74, 6) is 0.0384. The van der Waals surface area contributed by atoms with E-state index < -0.39 is 5.54 Å². The molecule has 2 rings (SSSR count). The summed E-state index contributed by atoms with van der Waals surface area (Å²) in [5, 5.41) is 12.3. The molecule has 46 heavy (non-hydrogen) atoms. The van der Waals surface area contributed by atoms with E-state index in [4.69, 9.17) is 0 Å². The van der Waals surface area contributed by atoms with Crippen LogP contribution in [0, 0.1) is 10.1 Å². The number of hydrogen-bond donors (Lipinski definition) is 0. The second-order valence-electron chi connectivity index (χ2n) is 14.8. The fourth-order valence-electron chi connectivity index (χ4n) is 7.42. The molecule has 2 aliphatic rings. The Morgan fingerprint density at radius 3 is 1.07 bits per heavy atom. The first-order chi connectivity index (χ1) is 22.4. The summed E-state index contributed by atoms with van der Waals surface area (Å²) in [6, 6.07) is 0. The number of nitrogens with zero attached hydrogens (tertiary/aromatic N) is 4. The first kappa shape index (κ1) is 40.5. The van der Waals surface area contributed by atoms with Crippen LogP contribution < -0.4 is 0 Å². The minimum atomic E-state index is -1.28. The molecule has 0 radical (unpaired) electrons. The van der Waals surface area contributed by atoms with Gasteiger partial charge in [0.15, 0.2) is 0 Å². The van der Waals surface area contributed by atoms with Gasteiger partial charge in [-0.2, -0.15) is 0 Å². The lowest BCUT2D eigenvalue weighted by molar-refractivity contribution is -0.579. The van der Waals surface area contributed by atoms with E-state index in [1.165, 1.54) is 128 Å². The molecule has 2 amide bonds. The van der Waals surface area contributed by atoms with Crippen LogP contribution in [0.4, 0.5) is 0 Å². The Balaban J connectivity index is 1.56. The maximum absolute atomic E-state index is 13.1. The average Bonchev–Trinajstić information content (AvgIpc) is 3.04. The Morgan fingerprint density at radius 1 is 0.500 bits per heavy atom. The number of carbonyl (C=O) groups excluding carboxylic acids is 2. The second kappa shape index (κ2) is 25.3. The first-order valence-electron chi connectivity index (χ1n) is 19.8. The Labute approximate surface area is 282 Å². The van der Waals surface area contributed by atoms with E-state index in [0.29, 0.717) is 32.7 Å². The molecule has 268 valence electrons. The summed E-state index contributed by atoms with van der Waals surface area (Å²) in [6.07, 6.45) is 33.7. The van der Waals surface area contributed by atoms with Crippen molar-refractivity contribution in [3.8, 4) is 0 Å². The van der Waals surface area contributed by atoms with Crippen molar-refractivity contribution in [2.75, 3.05) is 33.0 Å². The van der Waals surface area contributed by atoms with E-state index in [9.17, 15) is 19.7 Å². The lowest BCUT2D eigenvalue weighted by Crippen LogP contribution is -2.73. The highest BCUT2D eigenvalue weighted by Crippen LogP contribution is 2.28. The van der Waals surface area contributed by atoms with E-state index in [2.05, 4.69) is 13.8 Å². The van der Waals surface area contributed by atoms with Gasteiger partial charge in [0.1, 0.15) is 0 Å². The SMILES string of the molecule is CCCCCCCCCCCCCCCC(=O)N1CN2CN(C(=O)CCCCCCCCCCCCCCC)CC([N+](=O)[O-])(C2)C1. The molecule has 2 saturated heterocycles. The lowest BCUT2D eigenvalue weighted by Gasteiger charge is -2.49. The molecule has 8 nitrogen and oxygen atoms in total. The molecule has 2 heterocycles. The molecular weight excluding hydrogens is 576 g/mol. The maximum Gasteiger partial charge on any atom is 0.269 e. The van der Waals surface area contributed by atoms with Crippen LogP contribution in [0.25, 0.3) is 0 Å². The Hall–Kier alpha value is -1.70. The molecule has 0 saturated carbocycles. The van der Waals surface area contributed by atoms with E-state index in [0.717, 1.165) is 38.5 Å². The molecule has 2 aliphatic heterocycles. The molecule has 0 N–H and O–H groups in total. The highest BCUT2D eigenvalue weighted by Gasteiger charge is 2.55. The minimum Gasteiger partial charge on any atom is -0.322 e. The highest BCUT2D eigenvalue weighted by molar-refractivity contribution is 5.77. The van der Waals surface area contributed by atoms with Crippen LogP contribution in [0.15, 0.2) is 0 Å². The van der Waals surface area contributed by atoms with Gasteiger partial charge in [-0.15, -0.1) is 0 Å². The summed E-state index contributed by atoms with van der Waals surface area (Å²) in [4.78, 5) is 43.5. The first-order valence-corrected chi connectivity index (χ1v) is 19.8. The molecule has 0 aliphatic carbocycles. The minimum absolute atomic E-state index is 0.0192. The molecule has 0 atom stereocenters. The Kier molecular flexibility index (Phi) is 22.3. The van der Waals surface area contributed by atoms with Crippen molar-refractivity contribution >= 4 is 11.8 Å². The fourth-order valence-corrected chi connectivity index (χ4v) is 7.42. The zero-order chi connectivity index (χ0) is 33.3. The molecule has 0 aromatic rings. The highest BCUT2D eigenvalue weighted by atomic mass is 16.6. The average molecular weight is 649 g/mol. The van der Waals surface area contributed by atoms with Gasteiger partial charge in [-0.3, -0.25) is 24.6 Å². The van der Waals surface area contributed by atoms with Gasteiger partial charge in [0.25, 0.3) is 5.54 Å². The topological polar surface area (TPSA) is 87.0 Å². The van der Waals surface area contributed by atoms with Crippen LogP contribution in [0.3, 0.4) is 0 Å². The van der Waals surface area contributed by atoms with Crippen LogP contribution in [-0.2, 0) is 9.59 Å². The molecule has 2 bridgehead atoms. The summed E-state index contributed by atoms with van der Waals surface area (Å²) in [6.45, 7) is 5.81. The molecule has 0 unspecified atom stereocenters. The fraction of sp³-hybridized carbons (Fsp3) is 0.947. The van der Waals surface area contributed by atoms with Crippen molar-refractivity contribution < 1.29 is 14.5 Å². The summed E-state index contributed by atoms with van der Waals surface area (Å²) < 4.78 is 0. The third-order valence-corrected chi connectivity index (χ3v) is 10.3. The van der Waals surface area contributed by atoms with Crippen molar-refractivity contribution in [1.29, 1.82) is 0 Å². The van der Waals surface area contributed by atoms with Crippen molar-refractivity contribution in [1.82, 2.24) is 14.7 Å². The van der Waals surface area contributed by atoms with Gasteiger partial charge in [-0.25, -0.2) is 0 Å². The van der Waals surface area contributed by atoms with Crippen molar-refractivity contribution in [3.05, 3.63) is 10.1 Å². The summed E-state index contributed by atoms with van der Waals surface area (Å²) >= 11 is 0. The van der Waals surface area contributed by atoms with Crippen molar-refractivity contribution in [2.45, 2.75) is 199 Å². The predicted octanol–water partition coefficient (Wildman–Crippen LogP) is 9.87. The second-order valence-corrected chi connectivity index (χ2v) is 14.8. The van der Waals surface area contributed by atoms with Gasteiger partial charge in [-0.05, 0) is 12.8 Å². The summed E-state index contributed by atoms with van der Waals surface area (Å²) in [7, 11) is 0. The Bertz CT molecular complexity index is 769. The number of nitro groups is 1. The molecule has 0 spiro atoms. The van der Waals surface area contributed by atoms with Crippen molar-refractivity contribution in [2.24, 2.45) is 0 Å². The van der Waals surface area contributed by atoms with E-state index in [-0.39, 0.29) is 29.8 Å². The monoisotopic (exact) mass is 649 g/mol. The largest absolute Gasteiger partial charge is 0.322 e. The van der Waals surface area contributed by atoms with Crippen LogP contribution in [-0.4, -0.2) is 69.9 Å². The van der Waals surface area contributed by atoms with Gasteiger partial charge in [0.05, 0.1) is 33.0 Å². The third kappa shape index (κ3) is 16.9. The quantitative estimate of drug-likeness (QED) is 0.0458. The van der Waals surface area contributed by atoms with E-state index in [1.54, 1.807) is 9.80 Å². The number of rotatable bonds is 29. The van der Waals surface area contributed by atoms with Gasteiger partial charge in [0.2, 0.25) is 11.8 Å². The lowest BCUT2D eigenvalue weighted by atomic mass is 9.93. The summed E-state index contributed by atoms with van der Waals surface area (Å²) in [5.41, 5.74) is -1.28. The predicted molar refractivity (Wildman–Crippen MR) is 190 cm³/mol. The van der Waals surface area contributed by atoms with E-state index >= 15 is 0 Å². The van der Waals surface area contributed by atoms with Gasteiger partial charge < -0.3 is 9.80 Å².